The fraction of sp³-hybridized carbons (Fsp3) is 0.375. The summed E-state index contributed by atoms with van der Waals surface area (Å²) in [6.07, 6.45) is 4.42. The Balaban J connectivity index is 1.72. The number of fused-ring (bicyclic) bond motifs is 1. The second kappa shape index (κ2) is 7.17. The number of carbonyl (C=O) groups is 1. The zero-order valence-corrected chi connectivity index (χ0v) is 13.5. The monoisotopic (exact) mass is 355 g/mol. The van der Waals surface area contributed by atoms with Crippen LogP contribution in [0, 0.1) is 0 Å². The third kappa shape index (κ3) is 3.67. The number of alkyl halides is 2. The molecule has 0 saturated carbocycles. The van der Waals surface area contributed by atoms with Crippen molar-refractivity contribution in [3.05, 3.63) is 46.2 Å². The van der Waals surface area contributed by atoms with Crippen LogP contribution in [0.2, 0.25) is 5.02 Å². The molecule has 1 aromatic carbocycles. The van der Waals surface area contributed by atoms with Gasteiger partial charge in [0.05, 0.1) is 17.5 Å². The van der Waals surface area contributed by atoms with Crippen molar-refractivity contribution in [3.8, 4) is 5.75 Å². The minimum atomic E-state index is -2.94. The summed E-state index contributed by atoms with van der Waals surface area (Å²) in [5, 5.41) is 7.31. The van der Waals surface area contributed by atoms with Gasteiger partial charge in [-0.2, -0.15) is 13.9 Å². The Morgan fingerprint density at radius 2 is 2.25 bits per heavy atom. The van der Waals surface area contributed by atoms with Gasteiger partial charge in [0.1, 0.15) is 5.75 Å². The van der Waals surface area contributed by atoms with E-state index in [0.29, 0.717) is 16.1 Å². The number of nitrogens with one attached hydrogen (secondary N) is 1. The number of aryl methyl sites for hydroxylation is 1. The van der Waals surface area contributed by atoms with Gasteiger partial charge in [-0.05, 0) is 37.5 Å². The molecule has 24 heavy (non-hydrogen) atoms. The summed E-state index contributed by atoms with van der Waals surface area (Å²) in [5.74, 6) is -0.298. The molecule has 1 N–H and O–H groups in total. The Morgan fingerprint density at radius 1 is 1.42 bits per heavy atom. The highest BCUT2D eigenvalue weighted by molar-refractivity contribution is 6.30. The largest absolute Gasteiger partial charge is 0.434 e. The number of halogens is 3. The summed E-state index contributed by atoms with van der Waals surface area (Å²) < 4.78 is 31.2. The Morgan fingerprint density at radius 3 is 3.04 bits per heavy atom. The predicted octanol–water partition coefficient (Wildman–Crippen LogP) is 3.40. The quantitative estimate of drug-likeness (QED) is 0.894. The first-order valence-electron chi connectivity index (χ1n) is 7.60. The summed E-state index contributed by atoms with van der Waals surface area (Å²) in [5.41, 5.74) is 1.82. The van der Waals surface area contributed by atoms with Crippen molar-refractivity contribution in [2.75, 3.05) is 0 Å². The van der Waals surface area contributed by atoms with Gasteiger partial charge in [-0.25, -0.2) is 0 Å². The average Bonchev–Trinajstić information content (AvgIpc) is 2.98. The molecule has 1 aromatic heterocycles. The smallest absolute Gasteiger partial charge is 0.387 e. The number of benzene rings is 1. The molecular weight excluding hydrogens is 340 g/mol. The van der Waals surface area contributed by atoms with Gasteiger partial charge >= 0.3 is 6.61 Å². The van der Waals surface area contributed by atoms with E-state index in [0.717, 1.165) is 31.5 Å². The molecule has 2 aromatic rings. The van der Waals surface area contributed by atoms with E-state index in [9.17, 15) is 13.6 Å². The normalized spacial score (nSPS) is 13.7. The van der Waals surface area contributed by atoms with Crippen LogP contribution in [0.3, 0.4) is 0 Å². The SMILES string of the molecule is O=C(NCc1cc(Cl)ccc1OC(F)F)c1cnn2c1CCCC2. The first kappa shape index (κ1) is 16.7. The summed E-state index contributed by atoms with van der Waals surface area (Å²) in [6.45, 7) is -2.10. The van der Waals surface area contributed by atoms with E-state index in [2.05, 4.69) is 15.2 Å². The van der Waals surface area contributed by atoms with E-state index in [1.165, 1.54) is 18.2 Å². The lowest BCUT2D eigenvalue weighted by atomic mass is 10.1. The third-order valence-electron chi connectivity index (χ3n) is 3.90. The van der Waals surface area contributed by atoms with Gasteiger partial charge in [0.15, 0.2) is 0 Å². The van der Waals surface area contributed by atoms with Crippen molar-refractivity contribution in [3.63, 3.8) is 0 Å². The summed E-state index contributed by atoms with van der Waals surface area (Å²) >= 11 is 5.89. The van der Waals surface area contributed by atoms with Gasteiger partial charge in [-0.3, -0.25) is 9.48 Å². The van der Waals surface area contributed by atoms with Crippen LogP contribution in [0.5, 0.6) is 5.75 Å². The van der Waals surface area contributed by atoms with Gasteiger partial charge < -0.3 is 10.1 Å². The number of amides is 1. The molecule has 2 heterocycles. The molecule has 3 rings (SSSR count). The van der Waals surface area contributed by atoms with Gasteiger partial charge in [0, 0.05) is 23.7 Å². The highest BCUT2D eigenvalue weighted by atomic mass is 35.5. The molecule has 0 saturated heterocycles. The van der Waals surface area contributed by atoms with E-state index in [-0.39, 0.29) is 18.2 Å². The van der Waals surface area contributed by atoms with E-state index < -0.39 is 6.61 Å². The van der Waals surface area contributed by atoms with Gasteiger partial charge in [-0.15, -0.1) is 0 Å². The molecule has 5 nitrogen and oxygen atoms in total. The molecule has 0 atom stereocenters. The van der Waals surface area contributed by atoms with Crippen LogP contribution in [0.25, 0.3) is 0 Å². The van der Waals surface area contributed by atoms with Crippen molar-refractivity contribution in [1.29, 1.82) is 0 Å². The maximum atomic E-state index is 12.5. The number of ether oxygens (including phenoxy) is 1. The lowest BCUT2D eigenvalue weighted by Gasteiger charge is -2.15. The highest BCUT2D eigenvalue weighted by Gasteiger charge is 2.20. The highest BCUT2D eigenvalue weighted by Crippen LogP contribution is 2.25. The second-order valence-electron chi connectivity index (χ2n) is 5.50. The van der Waals surface area contributed by atoms with E-state index >= 15 is 0 Å². The third-order valence-corrected chi connectivity index (χ3v) is 4.14. The molecule has 0 fully saturated rings. The van der Waals surface area contributed by atoms with E-state index in [1.807, 2.05) is 4.68 Å². The number of hydrogen-bond acceptors (Lipinski definition) is 3. The molecule has 1 aliphatic heterocycles. The Kier molecular flexibility index (Phi) is 4.99. The summed E-state index contributed by atoms with van der Waals surface area (Å²) in [4.78, 5) is 12.4. The van der Waals surface area contributed by atoms with Crippen molar-refractivity contribution < 1.29 is 18.3 Å². The average molecular weight is 356 g/mol. The van der Waals surface area contributed by atoms with Crippen LogP contribution < -0.4 is 10.1 Å². The van der Waals surface area contributed by atoms with Crippen LogP contribution in [0.4, 0.5) is 8.78 Å². The zero-order valence-electron chi connectivity index (χ0n) is 12.8. The van der Waals surface area contributed by atoms with Crippen LogP contribution >= 0.6 is 11.6 Å². The molecule has 0 bridgehead atoms. The summed E-state index contributed by atoms with van der Waals surface area (Å²) in [6, 6.07) is 4.31. The minimum Gasteiger partial charge on any atom is -0.434 e. The predicted molar refractivity (Wildman–Crippen MR) is 84.4 cm³/mol. The van der Waals surface area contributed by atoms with Crippen LogP contribution in [0.1, 0.15) is 34.5 Å². The number of nitrogens with zero attached hydrogens (tertiary/aromatic N) is 2. The first-order chi connectivity index (χ1) is 11.5. The molecule has 0 unspecified atom stereocenters. The fourth-order valence-corrected chi connectivity index (χ4v) is 2.97. The Bertz CT molecular complexity index is 749. The summed E-state index contributed by atoms with van der Waals surface area (Å²) in [7, 11) is 0. The number of carbonyl (C=O) groups excluding carboxylic acids is 1. The van der Waals surface area contributed by atoms with Crippen LogP contribution in [-0.2, 0) is 19.5 Å². The van der Waals surface area contributed by atoms with Gasteiger partial charge in [0.2, 0.25) is 0 Å². The molecular formula is C16H16ClF2N3O2. The van der Waals surface area contributed by atoms with Gasteiger partial charge in [0.25, 0.3) is 5.91 Å². The first-order valence-corrected chi connectivity index (χ1v) is 7.98. The number of hydrogen-bond donors (Lipinski definition) is 1. The van der Waals surface area contributed by atoms with Crippen molar-refractivity contribution in [1.82, 2.24) is 15.1 Å². The minimum absolute atomic E-state index is 0.00765. The Labute approximate surface area is 142 Å². The lowest BCUT2D eigenvalue weighted by Crippen LogP contribution is -2.25. The number of rotatable bonds is 5. The molecule has 128 valence electrons. The molecule has 1 aliphatic rings. The lowest BCUT2D eigenvalue weighted by molar-refractivity contribution is -0.0504. The maximum Gasteiger partial charge on any atom is 0.387 e. The number of aromatic nitrogens is 2. The molecule has 0 aliphatic carbocycles. The standard InChI is InChI=1S/C16H16ClF2N3O2/c17-11-4-5-14(24-16(18)19)10(7-11)8-20-15(23)12-9-21-22-6-2-1-3-13(12)22/h4-5,7,9,16H,1-3,6,8H2,(H,20,23). The Hall–Kier alpha value is -2.15. The van der Waals surface area contributed by atoms with Crippen molar-refractivity contribution >= 4 is 17.5 Å². The maximum absolute atomic E-state index is 12.5. The molecule has 0 radical (unpaired) electrons. The second-order valence-corrected chi connectivity index (χ2v) is 5.93. The topological polar surface area (TPSA) is 56.1 Å². The van der Waals surface area contributed by atoms with E-state index in [4.69, 9.17) is 11.6 Å². The van der Waals surface area contributed by atoms with E-state index in [1.54, 1.807) is 6.20 Å². The van der Waals surface area contributed by atoms with Crippen LogP contribution in [0.15, 0.2) is 24.4 Å². The fourth-order valence-electron chi connectivity index (χ4n) is 2.78. The van der Waals surface area contributed by atoms with Crippen LogP contribution in [-0.4, -0.2) is 22.3 Å². The molecule has 0 spiro atoms. The molecule has 1 amide bonds. The van der Waals surface area contributed by atoms with Gasteiger partial charge in [-0.1, -0.05) is 11.6 Å². The molecule has 8 heteroatoms. The zero-order chi connectivity index (χ0) is 17.1. The van der Waals surface area contributed by atoms with Crippen molar-refractivity contribution in [2.24, 2.45) is 0 Å². The van der Waals surface area contributed by atoms with Crippen molar-refractivity contribution in [2.45, 2.75) is 39.0 Å².